The van der Waals surface area contributed by atoms with Gasteiger partial charge >= 0.3 is 0 Å². The lowest BCUT2D eigenvalue weighted by Gasteiger charge is -2.40. The molecule has 0 aliphatic heterocycles. The lowest BCUT2D eigenvalue weighted by atomic mass is 9.74. The van der Waals surface area contributed by atoms with E-state index in [4.69, 9.17) is 0 Å². The fraction of sp³-hybridized carbons (Fsp3) is 0.722. The molecule has 1 aliphatic carbocycles. The van der Waals surface area contributed by atoms with Gasteiger partial charge in [-0.05, 0) is 70.9 Å². The molecule has 2 heteroatoms. The molecule has 114 valence electrons. The first-order valence-corrected chi connectivity index (χ1v) is 7.82. The maximum absolute atomic E-state index is 4.54. The molecular weight excluding hydrogens is 244 g/mol. The van der Waals surface area contributed by atoms with E-state index in [1.165, 1.54) is 36.1 Å². The molecule has 0 unspecified atom stereocenters. The standard InChI is InChI=1S/C18H32N2/c1-13(2)12-17(19-8)20(14(3)4)16-10-9-11-18(6,7)15(16)5/h12,14H,9-11H2,1-8H3/b19-17-. The quantitative estimate of drug-likeness (QED) is 0.512. The van der Waals surface area contributed by atoms with Gasteiger partial charge in [-0.2, -0.15) is 0 Å². The van der Waals surface area contributed by atoms with E-state index in [1.807, 2.05) is 7.05 Å². The lowest BCUT2D eigenvalue weighted by molar-refractivity contribution is 0.313. The molecule has 0 N–H and O–H groups in total. The minimum absolute atomic E-state index is 0.310. The fourth-order valence-corrected chi connectivity index (χ4v) is 2.98. The first-order valence-electron chi connectivity index (χ1n) is 7.82. The van der Waals surface area contributed by atoms with Crippen molar-refractivity contribution in [2.24, 2.45) is 10.4 Å². The van der Waals surface area contributed by atoms with Gasteiger partial charge < -0.3 is 4.90 Å². The lowest BCUT2D eigenvalue weighted by Crippen LogP contribution is -2.38. The van der Waals surface area contributed by atoms with E-state index < -0.39 is 0 Å². The van der Waals surface area contributed by atoms with Crippen molar-refractivity contribution in [1.82, 2.24) is 4.90 Å². The second-order valence-corrected chi connectivity index (χ2v) is 7.08. The molecule has 0 aromatic heterocycles. The van der Waals surface area contributed by atoms with Gasteiger partial charge in [0.15, 0.2) is 0 Å². The summed E-state index contributed by atoms with van der Waals surface area (Å²) in [4.78, 5) is 6.97. The van der Waals surface area contributed by atoms with E-state index >= 15 is 0 Å². The highest BCUT2D eigenvalue weighted by molar-refractivity contribution is 5.95. The highest BCUT2D eigenvalue weighted by Gasteiger charge is 2.31. The highest BCUT2D eigenvalue weighted by atomic mass is 15.2. The van der Waals surface area contributed by atoms with Gasteiger partial charge in [0, 0.05) is 18.8 Å². The molecule has 0 amide bonds. The molecule has 0 fully saturated rings. The van der Waals surface area contributed by atoms with Crippen molar-refractivity contribution in [3.05, 3.63) is 22.9 Å². The predicted molar refractivity (Wildman–Crippen MR) is 90.1 cm³/mol. The Morgan fingerprint density at radius 2 is 1.90 bits per heavy atom. The fourth-order valence-electron chi connectivity index (χ4n) is 2.98. The number of aliphatic imine (C=N–C) groups is 1. The highest BCUT2D eigenvalue weighted by Crippen LogP contribution is 2.41. The molecule has 1 rings (SSSR count). The van der Waals surface area contributed by atoms with Crippen LogP contribution >= 0.6 is 0 Å². The largest absolute Gasteiger partial charge is 0.328 e. The van der Waals surface area contributed by atoms with Crippen molar-refractivity contribution in [2.75, 3.05) is 7.05 Å². The predicted octanol–water partition coefficient (Wildman–Crippen LogP) is 5.18. The summed E-state index contributed by atoms with van der Waals surface area (Å²) in [5.41, 5.74) is 4.62. The second kappa shape index (κ2) is 6.60. The van der Waals surface area contributed by atoms with Gasteiger partial charge in [-0.15, -0.1) is 0 Å². The molecule has 0 atom stereocenters. The molecule has 2 nitrogen and oxygen atoms in total. The Labute approximate surface area is 125 Å². The third-order valence-electron chi connectivity index (χ3n) is 4.36. The van der Waals surface area contributed by atoms with E-state index in [-0.39, 0.29) is 0 Å². The summed E-state index contributed by atoms with van der Waals surface area (Å²) in [6.45, 7) is 15.8. The average Bonchev–Trinajstić information content (AvgIpc) is 2.32. The van der Waals surface area contributed by atoms with Crippen molar-refractivity contribution >= 4 is 5.84 Å². The van der Waals surface area contributed by atoms with Gasteiger partial charge in [0.2, 0.25) is 0 Å². The molecule has 0 bridgehead atoms. The van der Waals surface area contributed by atoms with Crippen molar-refractivity contribution in [3.8, 4) is 0 Å². The summed E-state index contributed by atoms with van der Waals surface area (Å²) in [7, 11) is 1.90. The number of nitrogens with zero attached hydrogens (tertiary/aromatic N) is 2. The van der Waals surface area contributed by atoms with E-state index in [9.17, 15) is 0 Å². The Kier molecular flexibility index (Phi) is 5.61. The number of hydrogen-bond donors (Lipinski definition) is 0. The summed E-state index contributed by atoms with van der Waals surface area (Å²) in [6, 6.07) is 0.433. The zero-order valence-electron chi connectivity index (χ0n) is 14.7. The molecule has 0 saturated heterocycles. The van der Waals surface area contributed by atoms with Crippen LogP contribution in [-0.4, -0.2) is 23.8 Å². The van der Waals surface area contributed by atoms with Crippen LogP contribution in [0, 0.1) is 5.41 Å². The van der Waals surface area contributed by atoms with Gasteiger partial charge in [0.05, 0.1) is 0 Å². The Morgan fingerprint density at radius 1 is 1.30 bits per heavy atom. The van der Waals surface area contributed by atoms with Gasteiger partial charge in [-0.1, -0.05) is 19.4 Å². The summed E-state index contributed by atoms with van der Waals surface area (Å²) < 4.78 is 0. The van der Waals surface area contributed by atoms with Crippen LogP contribution < -0.4 is 0 Å². The molecule has 0 aromatic carbocycles. The maximum Gasteiger partial charge on any atom is 0.127 e. The van der Waals surface area contributed by atoms with Crippen LogP contribution in [0.3, 0.4) is 0 Å². The van der Waals surface area contributed by atoms with Crippen molar-refractivity contribution in [2.45, 2.75) is 73.8 Å². The zero-order chi connectivity index (χ0) is 15.5. The normalized spacial score (nSPS) is 19.4. The van der Waals surface area contributed by atoms with Crippen LogP contribution in [-0.2, 0) is 0 Å². The molecule has 0 aromatic rings. The van der Waals surface area contributed by atoms with Crippen LogP contribution in [0.15, 0.2) is 27.9 Å². The first kappa shape index (κ1) is 17.0. The topological polar surface area (TPSA) is 15.6 Å². The Balaban J connectivity index is 3.31. The summed E-state index contributed by atoms with van der Waals surface area (Å²) in [5, 5.41) is 0. The van der Waals surface area contributed by atoms with E-state index in [1.54, 1.807) is 0 Å². The molecule has 0 saturated carbocycles. The van der Waals surface area contributed by atoms with Crippen molar-refractivity contribution < 1.29 is 0 Å². The summed E-state index contributed by atoms with van der Waals surface area (Å²) in [5.74, 6) is 1.09. The minimum atomic E-state index is 0.310. The van der Waals surface area contributed by atoms with Crippen LogP contribution in [0.4, 0.5) is 0 Å². The third kappa shape index (κ3) is 3.74. The second-order valence-electron chi connectivity index (χ2n) is 7.08. The number of amidine groups is 1. The third-order valence-corrected chi connectivity index (χ3v) is 4.36. The van der Waals surface area contributed by atoms with E-state index in [2.05, 4.69) is 64.4 Å². The molecule has 20 heavy (non-hydrogen) atoms. The van der Waals surface area contributed by atoms with Gasteiger partial charge in [0.1, 0.15) is 5.84 Å². The molecule has 1 aliphatic rings. The van der Waals surface area contributed by atoms with E-state index in [0.717, 1.165) is 5.84 Å². The number of rotatable bonds is 3. The first-order chi connectivity index (χ1) is 9.20. The minimum Gasteiger partial charge on any atom is -0.328 e. The number of hydrogen-bond acceptors (Lipinski definition) is 1. The monoisotopic (exact) mass is 276 g/mol. The Morgan fingerprint density at radius 3 is 2.35 bits per heavy atom. The summed E-state index contributed by atoms with van der Waals surface area (Å²) >= 11 is 0. The van der Waals surface area contributed by atoms with Crippen LogP contribution in [0.1, 0.15) is 67.7 Å². The molecular formula is C18H32N2. The SMILES string of the molecule is C/N=C(/C=C(C)C)N(C1=C(C)C(C)(C)CCC1)C(C)C. The smallest absolute Gasteiger partial charge is 0.127 e. The molecule has 0 radical (unpaired) electrons. The van der Waals surface area contributed by atoms with Gasteiger partial charge in [0.25, 0.3) is 0 Å². The maximum atomic E-state index is 4.54. The Bertz CT molecular complexity index is 432. The van der Waals surface area contributed by atoms with E-state index in [0.29, 0.717) is 11.5 Å². The van der Waals surface area contributed by atoms with Crippen molar-refractivity contribution in [1.29, 1.82) is 0 Å². The summed E-state index contributed by atoms with van der Waals surface area (Å²) in [6.07, 6.45) is 5.93. The van der Waals surface area contributed by atoms with Crippen LogP contribution in [0.2, 0.25) is 0 Å². The van der Waals surface area contributed by atoms with Crippen LogP contribution in [0.5, 0.6) is 0 Å². The number of allylic oxidation sites excluding steroid dienone is 3. The van der Waals surface area contributed by atoms with Gasteiger partial charge in [-0.25, -0.2) is 0 Å². The zero-order valence-corrected chi connectivity index (χ0v) is 14.7. The Hall–Kier alpha value is -1.05. The van der Waals surface area contributed by atoms with Crippen LogP contribution in [0.25, 0.3) is 0 Å². The molecule has 0 spiro atoms. The van der Waals surface area contributed by atoms with Crippen molar-refractivity contribution in [3.63, 3.8) is 0 Å². The van der Waals surface area contributed by atoms with Gasteiger partial charge in [-0.3, -0.25) is 4.99 Å². The molecule has 0 heterocycles. The average molecular weight is 276 g/mol.